The van der Waals surface area contributed by atoms with E-state index in [0.717, 1.165) is 26.1 Å². The molecule has 1 unspecified atom stereocenters. The Balaban J connectivity index is 2.01. The van der Waals surface area contributed by atoms with Crippen LogP contribution in [0.3, 0.4) is 0 Å². The van der Waals surface area contributed by atoms with Gasteiger partial charge in [0.25, 0.3) is 11.5 Å². The molecule has 1 aliphatic rings. The first-order valence-electron chi connectivity index (χ1n) is 8.95. The second-order valence-electron chi connectivity index (χ2n) is 7.24. The minimum absolute atomic E-state index is 0.0766. The Hall–Kier alpha value is -2.21. The predicted molar refractivity (Wildman–Crippen MR) is 98.8 cm³/mol. The topological polar surface area (TPSA) is 67.2 Å². The number of nitrogens with zero attached hydrogens (tertiary/aromatic N) is 3. The molecular weight excluding hydrogens is 316 g/mol. The van der Waals surface area contributed by atoms with Crippen molar-refractivity contribution >= 4 is 16.7 Å². The van der Waals surface area contributed by atoms with E-state index in [1.54, 1.807) is 6.07 Å². The summed E-state index contributed by atoms with van der Waals surface area (Å²) in [6.45, 7) is 6.96. The lowest BCUT2D eigenvalue weighted by molar-refractivity contribution is 0.0780. The molecule has 1 N–H and O–H groups in total. The molecule has 1 fully saturated rings. The smallest absolute Gasteiger partial charge is 0.274 e. The van der Waals surface area contributed by atoms with Crippen LogP contribution in [0.15, 0.2) is 29.1 Å². The van der Waals surface area contributed by atoms with Crippen LogP contribution < -0.4 is 10.9 Å². The molecule has 1 aromatic carbocycles. The molecule has 3 rings (SSSR count). The van der Waals surface area contributed by atoms with Gasteiger partial charge in [-0.25, -0.2) is 4.68 Å². The Bertz CT molecular complexity index is 828. The molecule has 25 heavy (non-hydrogen) atoms. The second kappa shape index (κ2) is 7.35. The van der Waals surface area contributed by atoms with Crippen LogP contribution in [0.1, 0.15) is 30.8 Å². The number of likely N-dealkylation sites (tertiary alicyclic amines) is 1. The molecule has 0 aliphatic carbocycles. The van der Waals surface area contributed by atoms with E-state index in [-0.39, 0.29) is 17.4 Å². The van der Waals surface area contributed by atoms with Gasteiger partial charge in [0.2, 0.25) is 0 Å². The highest BCUT2D eigenvalue weighted by Crippen LogP contribution is 2.21. The van der Waals surface area contributed by atoms with E-state index in [0.29, 0.717) is 28.9 Å². The number of amides is 1. The zero-order valence-electron chi connectivity index (χ0n) is 15.2. The van der Waals surface area contributed by atoms with Gasteiger partial charge in [-0.15, -0.1) is 0 Å². The molecule has 1 aromatic heterocycles. The summed E-state index contributed by atoms with van der Waals surface area (Å²) in [7, 11) is 1.93. The van der Waals surface area contributed by atoms with Gasteiger partial charge in [0, 0.05) is 25.0 Å². The number of benzene rings is 1. The summed E-state index contributed by atoms with van der Waals surface area (Å²) in [6.07, 6.45) is 0.996. The lowest BCUT2D eigenvalue weighted by Crippen LogP contribution is -2.34. The largest absolute Gasteiger partial charge is 0.337 e. The van der Waals surface area contributed by atoms with E-state index >= 15 is 0 Å². The number of aromatic nitrogens is 2. The highest BCUT2D eigenvalue weighted by Gasteiger charge is 2.29. The molecule has 2 heterocycles. The summed E-state index contributed by atoms with van der Waals surface area (Å²) in [5.41, 5.74) is 0.260. The van der Waals surface area contributed by atoms with Crippen molar-refractivity contribution in [2.24, 2.45) is 11.8 Å². The number of rotatable bonds is 5. The fraction of sp³-hybridized carbons (Fsp3) is 0.526. The maximum atomic E-state index is 13.1. The third kappa shape index (κ3) is 3.58. The van der Waals surface area contributed by atoms with E-state index in [1.165, 1.54) is 4.68 Å². The zero-order valence-corrected chi connectivity index (χ0v) is 15.2. The molecule has 6 heteroatoms. The van der Waals surface area contributed by atoms with Gasteiger partial charge in [-0.05, 0) is 37.9 Å². The number of nitrogens with one attached hydrogen (secondary N) is 1. The second-order valence-corrected chi connectivity index (χ2v) is 7.24. The van der Waals surface area contributed by atoms with Gasteiger partial charge in [0.15, 0.2) is 5.69 Å². The minimum Gasteiger partial charge on any atom is -0.337 e. The van der Waals surface area contributed by atoms with Crippen molar-refractivity contribution in [1.29, 1.82) is 0 Å². The van der Waals surface area contributed by atoms with Crippen LogP contribution >= 0.6 is 0 Å². The van der Waals surface area contributed by atoms with E-state index < -0.39 is 0 Å². The summed E-state index contributed by atoms with van der Waals surface area (Å²) in [4.78, 5) is 27.6. The van der Waals surface area contributed by atoms with Crippen LogP contribution in [0.25, 0.3) is 10.8 Å². The Morgan fingerprint density at radius 3 is 2.72 bits per heavy atom. The van der Waals surface area contributed by atoms with Crippen LogP contribution in [-0.4, -0.2) is 47.3 Å². The Morgan fingerprint density at radius 2 is 2.04 bits per heavy atom. The molecule has 1 aliphatic heterocycles. The summed E-state index contributed by atoms with van der Waals surface area (Å²) >= 11 is 0. The highest BCUT2D eigenvalue weighted by molar-refractivity contribution is 6.04. The number of fused-ring (bicyclic) bond motifs is 1. The molecule has 0 radical (unpaired) electrons. The predicted octanol–water partition coefficient (Wildman–Crippen LogP) is 1.73. The Morgan fingerprint density at radius 1 is 1.32 bits per heavy atom. The molecule has 2 aromatic rings. The molecular formula is C19H26N4O2. The van der Waals surface area contributed by atoms with Gasteiger partial charge in [0.1, 0.15) is 0 Å². The normalized spacial score (nSPS) is 17.6. The van der Waals surface area contributed by atoms with E-state index in [2.05, 4.69) is 10.4 Å². The zero-order chi connectivity index (χ0) is 18.0. The number of hydrogen-bond acceptors (Lipinski definition) is 4. The summed E-state index contributed by atoms with van der Waals surface area (Å²) in [5.74, 6) is 0.676. The van der Waals surface area contributed by atoms with Crippen molar-refractivity contribution in [3.63, 3.8) is 0 Å². The van der Waals surface area contributed by atoms with E-state index in [4.69, 9.17) is 0 Å². The van der Waals surface area contributed by atoms with E-state index in [1.807, 2.05) is 44.0 Å². The molecule has 0 spiro atoms. The van der Waals surface area contributed by atoms with E-state index in [9.17, 15) is 9.59 Å². The van der Waals surface area contributed by atoms with Crippen molar-refractivity contribution in [2.75, 3.05) is 26.7 Å². The van der Waals surface area contributed by atoms with Crippen molar-refractivity contribution < 1.29 is 4.79 Å². The lowest BCUT2D eigenvalue weighted by atomic mass is 10.1. The van der Waals surface area contributed by atoms with Crippen LogP contribution in [0.5, 0.6) is 0 Å². The Kier molecular flexibility index (Phi) is 5.18. The molecule has 0 bridgehead atoms. The monoisotopic (exact) mass is 342 g/mol. The summed E-state index contributed by atoms with van der Waals surface area (Å²) in [5, 5.41) is 8.84. The first kappa shape index (κ1) is 17.6. The molecule has 1 atom stereocenters. The third-order valence-electron chi connectivity index (χ3n) is 4.67. The number of carbonyl (C=O) groups excluding carboxylic acids is 1. The minimum atomic E-state index is -0.129. The standard InChI is InChI=1S/C19H26N4O2/c1-13(2)11-23-18(24)16-7-5-4-6-15(16)17(21-23)19(25)22-9-8-14(12-22)10-20-3/h4-7,13-14,20H,8-12H2,1-3H3. The van der Waals surface area contributed by atoms with Crippen molar-refractivity contribution in [3.05, 3.63) is 40.3 Å². The van der Waals surface area contributed by atoms with Crippen LogP contribution in [0, 0.1) is 11.8 Å². The van der Waals surface area contributed by atoms with Gasteiger partial charge in [-0.3, -0.25) is 9.59 Å². The van der Waals surface area contributed by atoms with Gasteiger partial charge >= 0.3 is 0 Å². The molecule has 1 saturated heterocycles. The lowest BCUT2D eigenvalue weighted by Gasteiger charge is -2.18. The number of carbonyl (C=O) groups is 1. The average molecular weight is 342 g/mol. The van der Waals surface area contributed by atoms with Crippen molar-refractivity contribution in [3.8, 4) is 0 Å². The third-order valence-corrected chi connectivity index (χ3v) is 4.67. The van der Waals surface area contributed by atoms with Crippen molar-refractivity contribution in [1.82, 2.24) is 20.0 Å². The van der Waals surface area contributed by atoms with Crippen LogP contribution in [-0.2, 0) is 6.54 Å². The maximum absolute atomic E-state index is 13.1. The van der Waals surface area contributed by atoms with Gasteiger partial charge < -0.3 is 10.2 Å². The van der Waals surface area contributed by atoms with Crippen LogP contribution in [0.4, 0.5) is 0 Å². The fourth-order valence-corrected chi connectivity index (χ4v) is 3.48. The molecule has 134 valence electrons. The average Bonchev–Trinajstić information content (AvgIpc) is 3.05. The Labute approximate surface area is 147 Å². The quantitative estimate of drug-likeness (QED) is 0.899. The molecule has 0 saturated carbocycles. The van der Waals surface area contributed by atoms with Gasteiger partial charge in [-0.2, -0.15) is 5.10 Å². The van der Waals surface area contributed by atoms with Crippen molar-refractivity contribution in [2.45, 2.75) is 26.8 Å². The fourth-order valence-electron chi connectivity index (χ4n) is 3.48. The highest BCUT2D eigenvalue weighted by atomic mass is 16.2. The van der Waals surface area contributed by atoms with Crippen LogP contribution in [0.2, 0.25) is 0 Å². The first-order valence-corrected chi connectivity index (χ1v) is 8.95. The maximum Gasteiger partial charge on any atom is 0.274 e. The summed E-state index contributed by atoms with van der Waals surface area (Å²) < 4.78 is 1.45. The summed E-state index contributed by atoms with van der Waals surface area (Å²) in [6, 6.07) is 7.27. The number of hydrogen-bond donors (Lipinski definition) is 1. The molecule has 1 amide bonds. The SMILES string of the molecule is CNCC1CCN(C(=O)c2nn(CC(C)C)c(=O)c3ccccc23)C1. The molecule has 6 nitrogen and oxygen atoms in total. The first-order chi connectivity index (χ1) is 12.0. The van der Waals surface area contributed by atoms with Gasteiger partial charge in [-0.1, -0.05) is 32.0 Å². The van der Waals surface area contributed by atoms with Gasteiger partial charge in [0.05, 0.1) is 5.39 Å².